The number of carboxylic acid groups (broad SMARTS) is 1. The number of hydrogen-bond acceptors (Lipinski definition) is 7. The van der Waals surface area contributed by atoms with E-state index in [-0.39, 0.29) is 6.42 Å². The zero-order chi connectivity index (χ0) is 17.1. The molecule has 9 N–H and O–H groups in total. The monoisotopic (exact) mass is 320 g/mol. The molecular weight excluding hydrogens is 296 g/mol. The van der Waals surface area contributed by atoms with E-state index in [1.54, 1.807) is 0 Å². The number of rotatable bonds is 11. The Hall–Kier alpha value is -1.75. The summed E-state index contributed by atoms with van der Waals surface area (Å²) in [5.41, 5.74) is 10.7. The fourth-order valence-corrected chi connectivity index (χ4v) is 1.58. The van der Waals surface area contributed by atoms with E-state index in [9.17, 15) is 14.4 Å². The number of hydrogen-bond donors (Lipinski definition) is 7. The number of nitrogens with two attached hydrogens (primary N) is 2. The average molecular weight is 320 g/mol. The number of aliphatic hydroxyl groups excluding tert-OH is 2. The Bertz CT molecular complexity index is 379. The summed E-state index contributed by atoms with van der Waals surface area (Å²) in [5.74, 6) is -2.88. The van der Waals surface area contributed by atoms with E-state index in [4.69, 9.17) is 26.8 Å². The molecule has 128 valence electrons. The second-order valence-corrected chi connectivity index (χ2v) is 4.72. The molecule has 0 aromatic carbocycles. The lowest BCUT2D eigenvalue weighted by molar-refractivity contribution is -0.143. The molecular formula is C12H24N4O6. The van der Waals surface area contributed by atoms with Gasteiger partial charge in [0.2, 0.25) is 11.8 Å². The topological polar surface area (TPSA) is 188 Å². The molecule has 0 aliphatic carbocycles. The average Bonchev–Trinajstić information content (AvgIpc) is 2.49. The van der Waals surface area contributed by atoms with Crippen LogP contribution in [0.3, 0.4) is 0 Å². The van der Waals surface area contributed by atoms with E-state index >= 15 is 0 Å². The van der Waals surface area contributed by atoms with Crippen molar-refractivity contribution in [1.29, 1.82) is 0 Å². The van der Waals surface area contributed by atoms with Crippen molar-refractivity contribution in [3.05, 3.63) is 0 Å². The third-order valence-corrected chi connectivity index (χ3v) is 2.91. The minimum Gasteiger partial charge on any atom is -0.480 e. The third kappa shape index (κ3) is 7.31. The molecule has 0 fully saturated rings. The first kappa shape index (κ1) is 20.2. The Balaban J connectivity index is 4.78. The summed E-state index contributed by atoms with van der Waals surface area (Å²) in [6, 6.07) is -3.67. The highest BCUT2D eigenvalue weighted by molar-refractivity contribution is 5.91. The van der Waals surface area contributed by atoms with Crippen LogP contribution in [0, 0.1) is 0 Å². The zero-order valence-corrected chi connectivity index (χ0v) is 12.2. The number of aliphatic carboxylic acids is 1. The van der Waals surface area contributed by atoms with Crippen molar-refractivity contribution in [2.24, 2.45) is 11.5 Å². The zero-order valence-electron chi connectivity index (χ0n) is 12.2. The van der Waals surface area contributed by atoms with Crippen LogP contribution in [0.2, 0.25) is 0 Å². The molecule has 10 nitrogen and oxygen atoms in total. The molecule has 0 saturated heterocycles. The Kier molecular flexibility index (Phi) is 10.0. The normalized spacial score (nSPS) is 14.7. The fourth-order valence-electron chi connectivity index (χ4n) is 1.58. The largest absolute Gasteiger partial charge is 0.480 e. The molecule has 10 heteroatoms. The smallest absolute Gasteiger partial charge is 0.328 e. The highest BCUT2D eigenvalue weighted by Gasteiger charge is 2.27. The number of amides is 2. The van der Waals surface area contributed by atoms with Crippen molar-refractivity contribution in [1.82, 2.24) is 10.6 Å². The number of carbonyl (C=O) groups is 3. The molecule has 3 unspecified atom stereocenters. The van der Waals surface area contributed by atoms with Gasteiger partial charge in [-0.05, 0) is 25.8 Å². The molecule has 2 amide bonds. The standard InChI is InChI=1S/C12H24N4O6/c13-4-2-1-3-8(15-10(19)7(14)5-17)11(20)16-9(6-18)12(21)22/h7-9,17-18H,1-6,13-14H2,(H,15,19)(H,16,20)(H,21,22). The molecule has 0 aromatic heterocycles. The van der Waals surface area contributed by atoms with Crippen molar-refractivity contribution < 1.29 is 29.7 Å². The van der Waals surface area contributed by atoms with Crippen LogP contribution in [-0.4, -0.2) is 71.0 Å². The van der Waals surface area contributed by atoms with E-state index in [0.717, 1.165) is 0 Å². The van der Waals surface area contributed by atoms with Crippen molar-refractivity contribution in [2.45, 2.75) is 37.4 Å². The number of carboxylic acids is 1. The molecule has 0 spiro atoms. The minimum absolute atomic E-state index is 0.227. The van der Waals surface area contributed by atoms with Crippen LogP contribution >= 0.6 is 0 Å². The van der Waals surface area contributed by atoms with Crippen LogP contribution in [0.15, 0.2) is 0 Å². The molecule has 0 rings (SSSR count). The van der Waals surface area contributed by atoms with Crippen molar-refractivity contribution in [2.75, 3.05) is 19.8 Å². The molecule has 0 aromatic rings. The lowest BCUT2D eigenvalue weighted by atomic mass is 10.1. The predicted molar refractivity (Wildman–Crippen MR) is 76.5 cm³/mol. The van der Waals surface area contributed by atoms with E-state index in [1.165, 1.54) is 0 Å². The summed E-state index contributed by atoms with van der Waals surface area (Å²) in [7, 11) is 0. The van der Waals surface area contributed by atoms with Gasteiger partial charge in [-0.1, -0.05) is 0 Å². The second kappa shape index (κ2) is 10.9. The van der Waals surface area contributed by atoms with E-state index < -0.39 is 49.1 Å². The summed E-state index contributed by atoms with van der Waals surface area (Å²) < 4.78 is 0. The third-order valence-electron chi connectivity index (χ3n) is 2.91. The Morgan fingerprint density at radius 1 is 0.955 bits per heavy atom. The molecule has 0 aliphatic heterocycles. The van der Waals surface area contributed by atoms with E-state index in [2.05, 4.69) is 10.6 Å². The maximum Gasteiger partial charge on any atom is 0.328 e. The number of nitrogens with one attached hydrogen (secondary N) is 2. The fraction of sp³-hybridized carbons (Fsp3) is 0.750. The predicted octanol–water partition coefficient (Wildman–Crippen LogP) is -3.52. The highest BCUT2D eigenvalue weighted by atomic mass is 16.4. The first-order chi connectivity index (χ1) is 10.4. The first-order valence-corrected chi connectivity index (χ1v) is 6.88. The molecule has 0 heterocycles. The van der Waals surface area contributed by atoms with Crippen molar-refractivity contribution >= 4 is 17.8 Å². The maximum atomic E-state index is 12.0. The first-order valence-electron chi connectivity index (χ1n) is 6.88. The van der Waals surface area contributed by atoms with Gasteiger partial charge in [0, 0.05) is 0 Å². The van der Waals surface area contributed by atoms with Gasteiger partial charge in [-0.3, -0.25) is 9.59 Å². The van der Waals surface area contributed by atoms with Gasteiger partial charge in [-0.2, -0.15) is 0 Å². The molecule has 0 aliphatic rings. The summed E-state index contributed by atoms with van der Waals surface area (Å²) in [6.07, 6.45) is 1.37. The second-order valence-electron chi connectivity index (χ2n) is 4.72. The van der Waals surface area contributed by atoms with Crippen LogP contribution < -0.4 is 22.1 Å². The number of unbranched alkanes of at least 4 members (excludes halogenated alkanes) is 1. The maximum absolute atomic E-state index is 12.0. The van der Waals surface area contributed by atoms with Crippen molar-refractivity contribution in [3.63, 3.8) is 0 Å². The Morgan fingerprint density at radius 3 is 2.00 bits per heavy atom. The summed E-state index contributed by atoms with van der Waals surface area (Å²) >= 11 is 0. The van der Waals surface area contributed by atoms with Crippen LogP contribution in [0.25, 0.3) is 0 Å². The number of aliphatic hydroxyl groups is 2. The number of carbonyl (C=O) groups excluding carboxylic acids is 2. The molecule has 3 atom stereocenters. The SMILES string of the molecule is NCCCCC(NC(=O)C(N)CO)C(=O)NC(CO)C(=O)O. The van der Waals surface area contributed by atoms with Gasteiger partial charge in [-0.25, -0.2) is 4.79 Å². The highest BCUT2D eigenvalue weighted by Crippen LogP contribution is 2.02. The quantitative estimate of drug-likeness (QED) is 0.191. The Morgan fingerprint density at radius 2 is 1.55 bits per heavy atom. The van der Waals surface area contributed by atoms with Crippen LogP contribution in [0.5, 0.6) is 0 Å². The molecule has 0 saturated carbocycles. The van der Waals surface area contributed by atoms with Gasteiger partial charge >= 0.3 is 5.97 Å². The molecule has 22 heavy (non-hydrogen) atoms. The minimum atomic E-state index is -1.46. The lowest BCUT2D eigenvalue weighted by Crippen LogP contribution is -2.55. The lowest BCUT2D eigenvalue weighted by Gasteiger charge is -2.21. The van der Waals surface area contributed by atoms with Gasteiger partial charge in [0.05, 0.1) is 13.2 Å². The van der Waals surface area contributed by atoms with Gasteiger partial charge < -0.3 is 37.4 Å². The van der Waals surface area contributed by atoms with Gasteiger partial charge in [0.1, 0.15) is 18.1 Å². The van der Waals surface area contributed by atoms with E-state index in [0.29, 0.717) is 19.4 Å². The van der Waals surface area contributed by atoms with E-state index in [1.807, 2.05) is 0 Å². The summed E-state index contributed by atoms with van der Waals surface area (Å²) in [6.45, 7) is -0.953. The summed E-state index contributed by atoms with van der Waals surface area (Å²) in [4.78, 5) is 34.5. The molecule has 0 bridgehead atoms. The van der Waals surface area contributed by atoms with Crippen LogP contribution in [-0.2, 0) is 14.4 Å². The Labute approximate surface area is 127 Å². The summed E-state index contributed by atoms with van der Waals surface area (Å²) in [5, 5.41) is 31.0. The van der Waals surface area contributed by atoms with Crippen LogP contribution in [0.1, 0.15) is 19.3 Å². The van der Waals surface area contributed by atoms with Gasteiger partial charge in [0.25, 0.3) is 0 Å². The molecule has 0 radical (unpaired) electrons. The van der Waals surface area contributed by atoms with Crippen LogP contribution in [0.4, 0.5) is 0 Å². The van der Waals surface area contributed by atoms with Crippen molar-refractivity contribution in [3.8, 4) is 0 Å². The van der Waals surface area contributed by atoms with Gasteiger partial charge in [0.15, 0.2) is 0 Å². The van der Waals surface area contributed by atoms with Gasteiger partial charge in [-0.15, -0.1) is 0 Å².